The molecule has 2 aliphatic heterocycles. The van der Waals surface area contributed by atoms with Gasteiger partial charge in [-0.3, -0.25) is 9.69 Å². The Balaban J connectivity index is 1.42. The van der Waals surface area contributed by atoms with E-state index < -0.39 is 0 Å². The fourth-order valence-electron chi connectivity index (χ4n) is 4.62. The van der Waals surface area contributed by atoms with Gasteiger partial charge in [-0.15, -0.1) is 0 Å². The maximum absolute atomic E-state index is 12.8. The van der Waals surface area contributed by atoms with Gasteiger partial charge in [0.05, 0.1) is 12.5 Å². The van der Waals surface area contributed by atoms with Gasteiger partial charge in [0, 0.05) is 20.0 Å². The first-order valence-electron chi connectivity index (χ1n) is 9.92. The zero-order chi connectivity index (χ0) is 18.9. The molecule has 2 aromatic rings. The molecule has 6 heteroatoms. The van der Waals surface area contributed by atoms with Gasteiger partial charge in [0.2, 0.25) is 11.8 Å². The first-order valence-corrected chi connectivity index (χ1v) is 9.92. The number of rotatable bonds is 4. The fraction of sp³-hybridized carbons (Fsp3) is 0.571. The molecule has 2 saturated heterocycles. The van der Waals surface area contributed by atoms with E-state index in [9.17, 15) is 4.79 Å². The number of likely N-dealkylation sites (N-methyl/N-ethyl adjacent to an activating group) is 1. The number of likely N-dealkylation sites (tertiary alicyclic amines) is 2. The Morgan fingerprint density at radius 1 is 1.22 bits per heavy atom. The Kier molecular flexibility index (Phi) is 5.00. The lowest BCUT2D eigenvalue weighted by atomic mass is 9.68. The minimum atomic E-state index is -0.0131. The number of piperidine rings is 2. The van der Waals surface area contributed by atoms with Crippen molar-refractivity contribution >= 4 is 5.91 Å². The number of aromatic nitrogens is 2. The molecule has 27 heavy (non-hydrogen) atoms. The van der Waals surface area contributed by atoms with E-state index in [-0.39, 0.29) is 17.2 Å². The summed E-state index contributed by atoms with van der Waals surface area (Å²) in [4.78, 5) is 21.6. The van der Waals surface area contributed by atoms with Gasteiger partial charge in [0.25, 0.3) is 0 Å². The summed E-state index contributed by atoms with van der Waals surface area (Å²) in [5.74, 6) is 1.73. The van der Waals surface area contributed by atoms with Gasteiger partial charge in [-0.2, -0.15) is 4.98 Å². The van der Waals surface area contributed by atoms with E-state index in [4.69, 9.17) is 4.52 Å². The lowest BCUT2D eigenvalue weighted by Crippen LogP contribution is -2.52. The molecule has 0 bridgehead atoms. The zero-order valence-corrected chi connectivity index (χ0v) is 16.2. The predicted octanol–water partition coefficient (Wildman–Crippen LogP) is 2.86. The largest absolute Gasteiger partial charge is 0.345 e. The minimum absolute atomic E-state index is 0.0131. The number of benzene rings is 1. The third-order valence-corrected chi connectivity index (χ3v) is 6.18. The number of carbonyl (C=O) groups is 1. The van der Waals surface area contributed by atoms with Crippen LogP contribution in [0.25, 0.3) is 0 Å². The van der Waals surface area contributed by atoms with Gasteiger partial charge < -0.3 is 9.42 Å². The van der Waals surface area contributed by atoms with Crippen molar-refractivity contribution in [1.29, 1.82) is 0 Å². The van der Waals surface area contributed by atoms with Crippen molar-refractivity contribution in [3.05, 3.63) is 47.6 Å². The standard InChI is InChI=1S/C21H28N4O2/c1-3-19-22-18(23-27-19)14-25-11-9-21(10-12-25)13-17(20(26)24(2)15-21)16-7-5-4-6-8-16/h4-8,17H,3,9-15H2,1-2H3. The summed E-state index contributed by atoms with van der Waals surface area (Å²) in [6.45, 7) is 5.66. The second-order valence-corrected chi connectivity index (χ2v) is 8.10. The Hall–Kier alpha value is -2.21. The Bertz CT molecular complexity index is 780. The van der Waals surface area contributed by atoms with Gasteiger partial charge in [-0.1, -0.05) is 42.4 Å². The Morgan fingerprint density at radius 3 is 2.63 bits per heavy atom. The normalized spacial score (nSPS) is 23.1. The third kappa shape index (κ3) is 3.76. The smallest absolute Gasteiger partial charge is 0.229 e. The van der Waals surface area contributed by atoms with Crippen molar-refractivity contribution in [3.8, 4) is 0 Å². The number of aryl methyl sites for hydroxylation is 1. The molecule has 4 rings (SSSR count). The van der Waals surface area contributed by atoms with E-state index in [0.29, 0.717) is 5.89 Å². The summed E-state index contributed by atoms with van der Waals surface area (Å²) in [6, 6.07) is 10.2. The average molecular weight is 368 g/mol. The molecule has 1 amide bonds. The van der Waals surface area contributed by atoms with Crippen LogP contribution in [0.4, 0.5) is 0 Å². The second kappa shape index (κ2) is 7.43. The van der Waals surface area contributed by atoms with Crippen LogP contribution in [0.1, 0.15) is 49.4 Å². The fourth-order valence-corrected chi connectivity index (χ4v) is 4.62. The summed E-state index contributed by atoms with van der Waals surface area (Å²) in [5.41, 5.74) is 1.36. The van der Waals surface area contributed by atoms with Gasteiger partial charge in [-0.05, 0) is 43.3 Å². The molecule has 1 aromatic carbocycles. The van der Waals surface area contributed by atoms with Crippen LogP contribution < -0.4 is 0 Å². The minimum Gasteiger partial charge on any atom is -0.345 e. The van der Waals surface area contributed by atoms with E-state index in [1.807, 2.05) is 37.1 Å². The highest BCUT2D eigenvalue weighted by Gasteiger charge is 2.45. The molecule has 1 atom stereocenters. The molecular weight excluding hydrogens is 340 g/mol. The SMILES string of the molecule is CCc1nc(CN2CCC3(CC2)CC(c2ccccc2)C(=O)N(C)C3)no1. The van der Waals surface area contributed by atoms with Crippen LogP contribution in [-0.2, 0) is 17.8 Å². The molecule has 6 nitrogen and oxygen atoms in total. The lowest BCUT2D eigenvalue weighted by molar-refractivity contribution is -0.139. The molecule has 0 aliphatic carbocycles. The van der Waals surface area contributed by atoms with Crippen LogP contribution in [-0.4, -0.2) is 52.5 Å². The van der Waals surface area contributed by atoms with E-state index in [2.05, 4.69) is 27.2 Å². The maximum atomic E-state index is 12.8. The molecular formula is C21H28N4O2. The van der Waals surface area contributed by atoms with E-state index >= 15 is 0 Å². The highest BCUT2D eigenvalue weighted by molar-refractivity contribution is 5.84. The number of hydrogen-bond donors (Lipinski definition) is 0. The van der Waals surface area contributed by atoms with Gasteiger partial charge in [0.15, 0.2) is 5.82 Å². The van der Waals surface area contributed by atoms with E-state index in [0.717, 1.165) is 63.3 Å². The molecule has 1 aromatic heterocycles. The first kappa shape index (κ1) is 18.2. The molecule has 2 fully saturated rings. The molecule has 1 unspecified atom stereocenters. The van der Waals surface area contributed by atoms with Crippen LogP contribution in [0.2, 0.25) is 0 Å². The van der Waals surface area contributed by atoms with Crippen molar-refractivity contribution in [2.75, 3.05) is 26.7 Å². The molecule has 0 N–H and O–H groups in total. The van der Waals surface area contributed by atoms with Crippen LogP contribution >= 0.6 is 0 Å². The number of amides is 1. The lowest BCUT2D eigenvalue weighted by Gasteiger charge is -2.49. The van der Waals surface area contributed by atoms with Crippen LogP contribution in [0.3, 0.4) is 0 Å². The number of nitrogens with zero attached hydrogens (tertiary/aromatic N) is 4. The summed E-state index contributed by atoms with van der Waals surface area (Å²) in [7, 11) is 1.96. The third-order valence-electron chi connectivity index (χ3n) is 6.18. The molecule has 2 aliphatic rings. The Morgan fingerprint density at radius 2 is 1.96 bits per heavy atom. The van der Waals surface area contributed by atoms with E-state index in [1.165, 1.54) is 0 Å². The van der Waals surface area contributed by atoms with E-state index in [1.54, 1.807) is 0 Å². The average Bonchev–Trinajstić information content (AvgIpc) is 3.15. The summed E-state index contributed by atoms with van der Waals surface area (Å²) in [5, 5.41) is 4.08. The van der Waals surface area contributed by atoms with Gasteiger partial charge >= 0.3 is 0 Å². The summed E-state index contributed by atoms with van der Waals surface area (Å²) >= 11 is 0. The molecule has 1 spiro atoms. The van der Waals surface area contributed by atoms with Crippen molar-refractivity contribution < 1.29 is 9.32 Å². The number of carbonyl (C=O) groups excluding carboxylic acids is 1. The maximum Gasteiger partial charge on any atom is 0.229 e. The molecule has 3 heterocycles. The topological polar surface area (TPSA) is 62.5 Å². The molecule has 144 valence electrons. The first-order chi connectivity index (χ1) is 13.1. The summed E-state index contributed by atoms with van der Waals surface area (Å²) < 4.78 is 5.22. The monoisotopic (exact) mass is 368 g/mol. The Labute approximate surface area is 160 Å². The highest BCUT2D eigenvalue weighted by Crippen LogP contribution is 2.45. The molecule has 0 saturated carbocycles. The van der Waals surface area contributed by atoms with Crippen molar-refractivity contribution in [3.63, 3.8) is 0 Å². The number of hydrogen-bond acceptors (Lipinski definition) is 5. The van der Waals surface area contributed by atoms with Gasteiger partial charge in [-0.25, -0.2) is 0 Å². The van der Waals surface area contributed by atoms with Crippen LogP contribution in [0, 0.1) is 5.41 Å². The van der Waals surface area contributed by atoms with Gasteiger partial charge in [0.1, 0.15) is 0 Å². The zero-order valence-electron chi connectivity index (χ0n) is 16.2. The van der Waals surface area contributed by atoms with Crippen LogP contribution in [0.15, 0.2) is 34.9 Å². The van der Waals surface area contributed by atoms with Crippen molar-refractivity contribution in [2.24, 2.45) is 5.41 Å². The highest BCUT2D eigenvalue weighted by atomic mass is 16.5. The second-order valence-electron chi connectivity index (χ2n) is 8.10. The van der Waals surface area contributed by atoms with Crippen LogP contribution in [0.5, 0.6) is 0 Å². The van der Waals surface area contributed by atoms with Crippen molar-refractivity contribution in [2.45, 2.75) is 45.1 Å². The van der Waals surface area contributed by atoms with Crippen molar-refractivity contribution in [1.82, 2.24) is 19.9 Å². The quantitative estimate of drug-likeness (QED) is 0.830. The molecule has 0 radical (unpaired) electrons. The predicted molar refractivity (Wildman–Crippen MR) is 102 cm³/mol. The summed E-state index contributed by atoms with van der Waals surface area (Å²) in [6.07, 6.45) is 3.94.